The summed E-state index contributed by atoms with van der Waals surface area (Å²) in [6.45, 7) is 7.88. The molecular formula is C10H25NO3P+. The number of nitrogens with two attached hydrogens (primary N) is 1. The predicted octanol–water partition coefficient (Wildman–Crippen LogP) is 3.29. The maximum atomic E-state index is 5.93. The predicted molar refractivity (Wildman–Crippen MR) is 64.5 cm³/mol. The zero-order valence-corrected chi connectivity index (χ0v) is 11.1. The van der Waals surface area contributed by atoms with Gasteiger partial charge in [0, 0.05) is 0 Å². The van der Waals surface area contributed by atoms with Crippen molar-refractivity contribution in [2.75, 3.05) is 19.8 Å². The maximum absolute atomic E-state index is 5.93. The highest BCUT2D eigenvalue weighted by molar-refractivity contribution is 7.59. The summed E-state index contributed by atoms with van der Waals surface area (Å²) in [6.07, 6.45) is 4.15. The maximum Gasteiger partial charge on any atom is 0.498 e. The van der Waals surface area contributed by atoms with Gasteiger partial charge in [-0.1, -0.05) is 26.7 Å². The summed E-state index contributed by atoms with van der Waals surface area (Å²) < 4.78 is 16.4. The molecule has 0 saturated heterocycles. The van der Waals surface area contributed by atoms with E-state index in [-0.39, 0.29) is 0 Å². The summed E-state index contributed by atoms with van der Waals surface area (Å²) in [5.41, 5.74) is 5.93. The molecule has 0 atom stereocenters. The molecule has 0 aromatic rings. The molecule has 4 nitrogen and oxygen atoms in total. The molecule has 0 rings (SSSR count). The van der Waals surface area contributed by atoms with Gasteiger partial charge < -0.3 is 0 Å². The van der Waals surface area contributed by atoms with Gasteiger partial charge in [0.1, 0.15) is 0 Å². The Kier molecular flexibility index (Phi) is 9.66. The molecule has 2 N–H and O–H groups in total. The molecule has 0 aromatic heterocycles. The van der Waals surface area contributed by atoms with Crippen molar-refractivity contribution >= 4 is 8.09 Å². The molecule has 5 heteroatoms. The van der Waals surface area contributed by atoms with E-state index in [4.69, 9.17) is 19.1 Å². The van der Waals surface area contributed by atoms with Crippen molar-refractivity contribution in [3.05, 3.63) is 0 Å². The lowest BCUT2D eigenvalue weighted by molar-refractivity contribution is 0.138. The van der Waals surface area contributed by atoms with Crippen LogP contribution < -0.4 is 5.50 Å². The SMILES string of the molecule is CCCCO[P+](N)(OCC)OCCCC. The summed E-state index contributed by atoms with van der Waals surface area (Å²) in [7, 11) is -2.53. The Morgan fingerprint density at radius 2 is 1.33 bits per heavy atom. The second kappa shape index (κ2) is 9.49. The molecule has 0 aromatic carbocycles. The number of rotatable bonds is 10. The minimum atomic E-state index is -2.53. The molecule has 0 unspecified atom stereocenters. The van der Waals surface area contributed by atoms with E-state index in [1.165, 1.54) is 0 Å². The Hall–Kier alpha value is 0.270. The van der Waals surface area contributed by atoms with Gasteiger partial charge in [-0.2, -0.15) is 13.6 Å². The fraction of sp³-hybridized carbons (Fsp3) is 1.00. The standard InChI is InChI=1S/C10H25NO3P/c1-4-7-9-13-15(11,12-6-3)14-10-8-5-2/h4-11H2,1-3H3/q+1. The van der Waals surface area contributed by atoms with E-state index < -0.39 is 8.09 Å². The van der Waals surface area contributed by atoms with E-state index in [0.29, 0.717) is 19.8 Å². The topological polar surface area (TPSA) is 53.7 Å². The summed E-state index contributed by atoms with van der Waals surface area (Å²) >= 11 is 0. The van der Waals surface area contributed by atoms with Crippen LogP contribution in [0.1, 0.15) is 46.5 Å². The van der Waals surface area contributed by atoms with Crippen LogP contribution in [0.4, 0.5) is 0 Å². The number of unbranched alkanes of at least 4 members (excludes halogenated alkanes) is 2. The average molecular weight is 238 g/mol. The Labute approximate surface area is 94.1 Å². The van der Waals surface area contributed by atoms with Gasteiger partial charge in [-0.3, -0.25) is 0 Å². The highest BCUT2D eigenvalue weighted by Crippen LogP contribution is 2.54. The quantitative estimate of drug-likeness (QED) is 0.468. The molecule has 0 aliphatic rings. The van der Waals surface area contributed by atoms with Gasteiger partial charge in [0.15, 0.2) is 0 Å². The van der Waals surface area contributed by atoms with Crippen LogP contribution in [0.15, 0.2) is 0 Å². The Balaban J connectivity index is 3.83. The molecule has 0 aliphatic heterocycles. The van der Waals surface area contributed by atoms with E-state index in [2.05, 4.69) is 13.8 Å². The summed E-state index contributed by atoms with van der Waals surface area (Å²) in [6, 6.07) is 0. The third-order valence-electron chi connectivity index (χ3n) is 1.85. The van der Waals surface area contributed by atoms with Crippen molar-refractivity contribution in [2.24, 2.45) is 5.50 Å². The number of hydrogen-bond acceptors (Lipinski definition) is 4. The third-order valence-corrected chi connectivity index (χ3v) is 3.55. The zero-order chi connectivity index (χ0) is 11.6. The van der Waals surface area contributed by atoms with Gasteiger partial charge in [-0.15, -0.1) is 5.50 Å². The largest absolute Gasteiger partial charge is 0.498 e. The third kappa shape index (κ3) is 8.12. The molecular weight excluding hydrogens is 213 g/mol. The first-order valence-corrected chi connectivity index (χ1v) is 7.41. The van der Waals surface area contributed by atoms with Crippen LogP contribution in [0.5, 0.6) is 0 Å². The van der Waals surface area contributed by atoms with Crippen LogP contribution in [0.3, 0.4) is 0 Å². The minimum Gasteiger partial charge on any atom is -0.163 e. The van der Waals surface area contributed by atoms with Gasteiger partial charge >= 0.3 is 8.09 Å². The summed E-state index contributed by atoms with van der Waals surface area (Å²) in [5, 5.41) is 0. The molecule has 15 heavy (non-hydrogen) atoms. The first-order chi connectivity index (χ1) is 7.18. The zero-order valence-electron chi connectivity index (χ0n) is 10.2. The van der Waals surface area contributed by atoms with Crippen molar-refractivity contribution in [3.63, 3.8) is 0 Å². The van der Waals surface area contributed by atoms with Gasteiger partial charge in [-0.25, -0.2) is 0 Å². The molecule has 0 fully saturated rings. The van der Waals surface area contributed by atoms with E-state index in [9.17, 15) is 0 Å². The van der Waals surface area contributed by atoms with E-state index >= 15 is 0 Å². The van der Waals surface area contributed by atoms with Gasteiger partial charge in [0.05, 0.1) is 19.8 Å². The first kappa shape index (κ1) is 15.3. The average Bonchev–Trinajstić information content (AvgIpc) is 2.19. The first-order valence-electron chi connectivity index (χ1n) is 5.79. The fourth-order valence-electron chi connectivity index (χ4n) is 0.964. The summed E-state index contributed by atoms with van der Waals surface area (Å²) in [5.74, 6) is 0. The summed E-state index contributed by atoms with van der Waals surface area (Å²) in [4.78, 5) is 0. The Morgan fingerprint density at radius 1 is 0.867 bits per heavy atom. The van der Waals surface area contributed by atoms with E-state index in [0.717, 1.165) is 25.7 Å². The highest BCUT2D eigenvalue weighted by atomic mass is 31.2. The van der Waals surface area contributed by atoms with Crippen molar-refractivity contribution in [1.29, 1.82) is 0 Å². The van der Waals surface area contributed by atoms with E-state index in [1.807, 2.05) is 6.92 Å². The van der Waals surface area contributed by atoms with Crippen LogP contribution >= 0.6 is 8.09 Å². The Morgan fingerprint density at radius 3 is 1.67 bits per heavy atom. The second-order valence-corrected chi connectivity index (χ2v) is 5.19. The molecule has 0 bridgehead atoms. The van der Waals surface area contributed by atoms with Crippen molar-refractivity contribution in [2.45, 2.75) is 46.5 Å². The second-order valence-electron chi connectivity index (χ2n) is 3.33. The van der Waals surface area contributed by atoms with E-state index in [1.54, 1.807) is 0 Å². The molecule has 92 valence electrons. The number of hydrogen-bond donors (Lipinski definition) is 1. The van der Waals surface area contributed by atoms with Gasteiger partial charge in [-0.05, 0) is 19.8 Å². The fourth-order valence-corrected chi connectivity index (χ4v) is 2.31. The van der Waals surface area contributed by atoms with Crippen molar-refractivity contribution in [1.82, 2.24) is 0 Å². The molecule has 0 saturated carbocycles. The lowest BCUT2D eigenvalue weighted by Gasteiger charge is -2.16. The van der Waals surface area contributed by atoms with Crippen LogP contribution in [-0.2, 0) is 13.6 Å². The smallest absolute Gasteiger partial charge is 0.163 e. The lowest BCUT2D eigenvalue weighted by Crippen LogP contribution is -2.16. The van der Waals surface area contributed by atoms with Crippen LogP contribution in [-0.4, -0.2) is 19.8 Å². The molecule has 0 heterocycles. The van der Waals surface area contributed by atoms with Crippen molar-refractivity contribution < 1.29 is 13.6 Å². The van der Waals surface area contributed by atoms with Crippen LogP contribution in [0, 0.1) is 0 Å². The van der Waals surface area contributed by atoms with Crippen LogP contribution in [0.25, 0.3) is 0 Å². The molecule has 0 aliphatic carbocycles. The Bertz CT molecular complexity index is 137. The molecule has 0 radical (unpaired) electrons. The molecule has 0 spiro atoms. The molecule has 0 amide bonds. The monoisotopic (exact) mass is 238 g/mol. The van der Waals surface area contributed by atoms with Crippen molar-refractivity contribution in [3.8, 4) is 0 Å². The van der Waals surface area contributed by atoms with Gasteiger partial charge in [0.25, 0.3) is 0 Å². The lowest BCUT2D eigenvalue weighted by atomic mass is 10.4. The van der Waals surface area contributed by atoms with Crippen LogP contribution in [0.2, 0.25) is 0 Å². The normalized spacial score (nSPS) is 12.0. The van der Waals surface area contributed by atoms with Gasteiger partial charge in [0.2, 0.25) is 0 Å². The highest BCUT2D eigenvalue weighted by Gasteiger charge is 2.40. The minimum absolute atomic E-state index is 0.530.